The zero-order valence-corrected chi connectivity index (χ0v) is 21.7. The molecule has 2 heterocycles. The van der Waals surface area contributed by atoms with Crippen LogP contribution in [0.25, 0.3) is 0 Å². The number of amides is 2. The van der Waals surface area contributed by atoms with Crippen molar-refractivity contribution in [3.05, 3.63) is 58.3 Å². The highest BCUT2D eigenvalue weighted by atomic mass is 32.1. The van der Waals surface area contributed by atoms with Crippen molar-refractivity contribution in [3.8, 4) is 0 Å². The number of benzene rings is 1. The second-order valence-electron chi connectivity index (χ2n) is 9.65. The van der Waals surface area contributed by atoms with Gasteiger partial charge >= 0.3 is 12.4 Å². The number of carbonyl (C=O) groups excluding carboxylic acids is 2. The summed E-state index contributed by atoms with van der Waals surface area (Å²) in [5.74, 6) is -0.326. The van der Waals surface area contributed by atoms with Gasteiger partial charge in [0.05, 0.1) is 28.8 Å². The number of thiazole rings is 1. The number of hydrogen-bond donors (Lipinski definition) is 2. The predicted molar refractivity (Wildman–Crippen MR) is 131 cm³/mol. The van der Waals surface area contributed by atoms with Crippen LogP contribution in [0.5, 0.6) is 0 Å². The number of nitrogens with one attached hydrogen (secondary N) is 2. The van der Waals surface area contributed by atoms with Gasteiger partial charge in [-0.1, -0.05) is 6.58 Å². The van der Waals surface area contributed by atoms with Gasteiger partial charge in [-0.15, -0.1) is 11.3 Å². The van der Waals surface area contributed by atoms with E-state index in [9.17, 15) is 35.9 Å². The molecule has 2 amide bonds. The highest BCUT2D eigenvalue weighted by Crippen LogP contribution is 2.45. The van der Waals surface area contributed by atoms with Crippen LogP contribution >= 0.6 is 11.3 Å². The molecule has 0 spiro atoms. The van der Waals surface area contributed by atoms with Crippen LogP contribution in [0.4, 0.5) is 31.5 Å². The first-order valence-electron chi connectivity index (χ1n) is 12.0. The van der Waals surface area contributed by atoms with Crippen LogP contribution in [-0.4, -0.2) is 47.4 Å². The molecule has 0 bridgehead atoms. The molecule has 14 heteroatoms. The Kier molecular flexibility index (Phi) is 7.99. The molecule has 1 aromatic carbocycles. The Balaban J connectivity index is 1.61. The van der Waals surface area contributed by atoms with E-state index < -0.39 is 41.3 Å². The van der Waals surface area contributed by atoms with Crippen LogP contribution in [0.1, 0.15) is 48.6 Å². The number of aromatic nitrogens is 1. The largest absolute Gasteiger partial charge is 0.496 e. The molecule has 1 saturated heterocycles. The lowest BCUT2D eigenvalue weighted by Gasteiger charge is -2.34. The van der Waals surface area contributed by atoms with Gasteiger partial charge in [0, 0.05) is 31.4 Å². The highest BCUT2D eigenvalue weighted by Gasteiger charge is 2.50. The summed E-state index contributed by atoms with van der Waals surface area (Å²) >= 11 is 1.12. The summed E-state index contributed by atoms with van der Waals surface area (Å²) in [6.07, 6.45) is -8.75. The third-order valence-corrected chi connectivity index (χ3v) is 7.64. The van der Waals surface area contributed by atoms with Crippen LogP contribution in [0.3, 0.4) is 0 Å². The van der Waals surface area contributed by atoms with Gasteiger partial charge in [0.1, 0.15) is 12.4 Å². The molecular formula is C25H26F6N4O3S. The molecule has 212 valence electrons. The summed E-state index contributed by atoms with van der Waals surface area (Å²) in [4.78, 5) is 31.7. The zero-order chi connectivity index (χ0) is 28.6. The van der Waals surface area contributed by atoms with E-state index in [4.69, 9.17) is 4.74 Å². The quantitative estimate of drug-likeness (QED) is 0.468. The Morgan fingerprint density at radius 1 is 1.18 bits per heavy atom. The molecule has 1 aromatic heterocycles. The fraction of sp³-hybridized carbons (Fsp3) is 0.480. The lowest BCUT2D eigenvalue weighted by Crippen LogP contribution is -2.46. The summed E-state index contributed by atoms with van der Waals surface area (Å²) in [7, 11) is 0. The molecule has 2 aliphatic rings. The van der Waals surface area contributed by atoms with Gasteiger partial charge in [-0.2, -0.15) is 26.3 Å². The molecule has 1 saturated carbocycles. The molecule has 1 aliphatic heterocycles. The van der Waals surface area contributed by atoms with E-state index in [0.29, 0.717) is 62.5 Å². The smallest absolute Gasteiger partial charge is 0.416 e. The minimum atomic E-state index is -5.00. The van der Waals surface area contributed by atoms with Gasteiger partial charge in [0.15, 0.2) is 5.13 Å². The summed E-state index contributed by atoms with van der Waals surface area (Å²) in [5, 5.41) is 7.05. The van der Waals surface area contributed by atoms with E-state index in [-0.39, 0.29) is 28.7 Å². The maximum atomic E-state index is 13.7. The number of carbonyl (C=O) groups is 2. The van der Waals surface area contributed by atoms with Crippen molar-refractivity contribution in [1.29, 1.82) is 0 Å². The van der Waals surface area contributed by atoms with Crippen molar-refractivity contribution < 1.29 is 40.7 Å². The van der Waals surface area contributed by atoms with Crippen molar-refractivity contribution in [2.75, 3.05) is 25.0 Å². The SMILES string of the molecule is C=C1CN(C2CCC(C(=O)NCc3cc(C(F)(F)F)cc(C(F)(F)F)c3)(c3csc(NC(C)=O)n3)C2)CCO1. The molecule has 2 unspecified atom stereocenters. The van der Waals surface area contributed by atoms with Gasteiger partial charge in [-0.05, 0) is 43.0 Å². The molecular weight excluding hydrogens is 550 g/mol. The number of hydrogen-bond acceptors (Lipinski definition) is 6. The predicted octanol–water partition coefficient (Wildman–Crippen LogP) is 5.09. The van der Waals surface area contributed by atoms with Crippen molar-refractivity contribution in [2.45, 2.75) is 56.5 Å². The molecule has 2 fully saturated rings. The first-order chi connectivity index (χ1) is 18.2. The number of halogens is 6. The summed E-state index contributed by atoms with van der Waals surface area (Å²) in [6, 6.07) is 1.17. The number of morpholine rings is 1. The highest BCUT2D eigenvalue weighted by molar-refractivity contribution is 7.14. The van der Waals surface area contributed by atoms with Crippen molar-refractivity contribution in [1.82, 2.24) is 15.2 Å². The van der Waals surface area contributed by atoms with Crippen molar-refractivity contribution >= 4 is 28.3 Å². The monoisotopic (exact) mass is 576 g/mol. The van der Waals surface area contributed by atoms with Gasteiger partial charge in [-0.25, -0.2) is 4.98 Å². The number of rotatable bonds is 6. The molecule has 4 rings (SSSR count). The van der Waals surface area contributed by atoms with E-state index >= 15 is 0 Å². The molecule has 7 nitrogen and oxygen atoms in total. The lowest BCUT2D eigenvalue weighted by atomic mass is 9.81. The number of anilines is 1. The molecule has 0 radical (unpaired) electrons. The summed E-state index contributed by atoms with van der Waals surface area (Å²) < 4.78 is 85.2. The fourth-order valence-electron chi connectivity index (χ4n) is 5.03. The van der Waals surface area contributed by atoms with Crippen LogP contribution in [0.2, 0.25) is 0 Å². The first-order valence-corrected chi connectivity index (χ1v) is 12.9. The third kappa shape index (κ3) is 6.55. The standard InChI is InChI=1S/C25H26F6N4O3S/c1-14-12-35(5-6-38-14)19-3-4-23(10-19,20-13-39-22(34-20)33-15(2)36)21(37)32-11-16-7-17(24(26,27)28)9-18(8-16)25(29,30)31/h7-9,13,19H,1,3-6,10-12H2,2H3,(H,32,37)(H,33,34,36). The van der Waals surface area contributed by atoms with Crippen molar-refractivity contribution in [2.24, 2.45) is 0 Å². The zero-order valence-electron chi connectivity index (χ0n) is 20.8. The van der Waals surface area contributed by atoms with E-state index in [2.05, 4.69) is 27.1 Å². The topological polar surface area (TPSA) is 83.6 Å². The average molecular weight is 577 g/mol. The van der Waals surface area contributed by atoms with E-state index in [1.54, 1.807) is 5.38 Å². The first kappa shape index (κ1) is 28.9. The van der Waals surface area contributed by atoms with Crippen LogP contribution in [0.15, 0.2) is 35.9 Å². The van der Waals surface area contributed by atoms with Crippen LogP contribution in [0, 0.1) is 0 Å². The minimum absolute atomic E-state index is 0.0450. The number of nitrogens with zero attached hydrogens (tertiary/aromatic N) is 2. The van der Waals surface area contributed by atoms with E-state index in [1.807, 2.05) is 0 Å². The Morgan fingerprint density at radius 2 is 1.85 bits per heavy atom. The third-order valence-electron chi connectivity index (χ3n) is 6.88. The minimum Gasteiger partial charge on any atom is -0.496 e. The maximum absolute atomic E-state index is 13.7. The van der Waals surface area contributed by atoms with Gasteiger partial charge in [0.2, 0.25) is 11.8 Å². The van der Waals surface area contributed by atoms with Crippen LogP contribution < -0.4 is 10.6 Å². The average Bonchev–Trinajstić information content (AvgIpc) is 3.49. The Bertz CT molecular complexity index is 1230. The number of ether oxygens (including phenoxy) is 1. The van der Waals surface area contributed by atoms with E-state index in [1.165, 1.54) is 6.92 Å². The van der Waals surface area contributed by atoms with Crippen molar-refractivity contribution in [3.63, 3.8) is 0 Å². The molecule has 1 aliphatic carbocycles. The lowest BCUT2D eigenvalue weighted by molar-refractivity contribution is -0.143. The molecule has 2 aromatic rings. The van der Waals surface area contributed by atoms with Gasteiger partial charge < -0.3 is 15.4 Å². The second-order valence-corrected chi connectivity index (χ2v) is 10.5. The Labute approximate surface area is 224 Å². The Hall–Kier alpha value is -3.13. The van der Waals surface area contributed by atoms with Gasteiger partial charge in [0.25, 0.3) is 0 Å². The summed E-state index contributed by atoms with van der Waals surface area (Å²) in [5.41, 5.74) is -4.07. The van der Waals surface area contributed by atoms with E-state index in [0.717, 1.165) is 11.3 Å². The van der Waals surface area contributed by atoms with Crippen LogP contribution in [-0.2, 0) is 38.6 Å². The van der Waals surface area contributed by atoms with Gasteiger partial charge in [-0.3, -0.25) is 14.5 Å². The fourth-order valence-corrected chi connectivity index (χ4v) is 5.89. The Morgan fingerprint density at radius 3 is 2.44 bits per heavy atom. The summed E-state index contributed by atoms with van der Waals surface area (Å²) in [6.45, 7) is 6.14. The molecule has 2 N–H and O–H groups in total. The maximum Gasteiger partial charge on any atom is 0.416 e. The molecule has 39 heavy (non-hydrogen) atoms. The number of alkyl halides is 6. The normalized spacial score (nSPS) is 22.4. The molecule has 2 atom stereocenters. The second kappa shape index (κ2) is 10.8.